The first kappa shape index (κ1) is 11.2. The molecule has 0 N–H and O–H groups in total. The first-order valence-electron chi connectivity index (χ1n) is 4.94. The summed E-state index contributed by atoms with van der Waals surface area (Å²) in [6.45, 7) is 7.73. The van der Waals surface area contributed by atoms with Crippen LogP contribution in [0.25, 0.3) is 0 Å². The van der Waals surface area contributed by atoms with Gasteiger partial charge in [-0.15, -0.1) is 10.3 Å². The largest absolute Gasteiger partial charge is 0.143 e. The zero-order valence-corrected chi connectivity index (χ0v) is 9.32. The van der Waals surface area contributed by atoms with Crippen molar-refractivity contribution < 1.29 is 5.21 Å². The number of rotatable bonds is 2. The highest BCUT2D eigenvalue weighted by Gasteiger charge is 2.26. The van der Waals surface area contributed by atoms with Crippen LogP contribution in [0, 0.1) is 0 Å². The van der Waals surface area contributed by atoms with E-state index in [1.165, 1.54) is 0 Å². The summed E-state index contributed by atoms with van der Waals surface area (Å²) in [6, 6.07) is 9.77. The highest BCUT2D eigenvalue weighted by Crippen LogP contribution is 2.25. The van der Waals surface area contributed by atoms with Crippen LogP contribution in [0.3, 0.4) is 0 Å². The Bertz CT molecular complexity index is 276. The van der Waals surface area contributed by atoms with Gasteiger partial charge in [-0.2, -0.15) is 0 Å². The minimum atomic E-state index is -0.338. The molecule has 0 fully saturated rings. The Morgan fingerprint density at radius 2 is 1.64 bits per heavy atom. The molecule has 14 heavy (non-hydrogen) atoms. The molecule has 2 heteroatoms. The molecule has 0 amide bonds. The van der Waals surface area contributed by atoms with E-state index < -0.39 is 0 Å². The zero-order valence-electron chi connectivity index (χ0n) is 9.32. The summed E-state index contributed by atoms with van der Waals surface area (Å²) < 4.78 is 0. The van der Waals surface area contributed by atoms with Gasteiger partial charge in [0.05, 0.1) is 6.04 Å². The van der Waals surface area contributed by atoms with Crippen molar-refractivity contribution in [3.8, 4) is 0 Å². The summed E-state index contributed by atoms with van der Waals surface area (Å²) in [5.74, 6) is 0. The molecule has 0 bridgehead atoms. The SMILES string of the molecule is C[C@H](c1ccccc1)N([O])C(C)(C)C. The van der Waals surface area contributed by atoms with E-state index in [2.05, 4.69) is 0 Å². The normalized spacial score (nSPS) is 14.4. The van der Waals surface area contributed by atoms with Crippen molar-refractivity contribution in [2.45, 2.75) is 39.3 Å². The smallest absolute Gasteiger partial charge is 0.0610 e. The van der Waals surface area contributed by atoms with E-state index in [1.54, 1.807) is 0 Å². The van der Waals surface area contributed by atoms with Gasteiger partial charge in [0.2, 0.25) is 0 Å². The molecule has 0 aliphatic rings. The summed E-state index contributed by atoms with van der Waals surface area (Å²) in [4.78, 5) is 0. The second kappa shape index (κ2) is 4.11. The quantitative estimate of drug-likeness (QED) is 0.660. The number of benzene rings is 1. The van der Waals surface area contributed by atoms with E-state index in [9.17, 15) is 5.21 Å². The monoisotopic (exact) mass is 192 g/mol. The molecule has 1 aromatic rings. The van der Waals surface area contributed by atoms with Gasteiger partial charge in [-0.1, -0.05) is 30.3 Å². The van der Waals surface area contributed by atoms with Crippen LogP contribution in [0.1, 0.15) is 39.3 Å². The van der Waals surface area contributed by atoms with Crippen LogP contribution < -0.4 is 0 Å². The number of hydrogen-bond donors (Lipinski definition) is 0. The molecule has 1 aromatic carbocycles. The maximum absolute atomic E-state index is 11.9. The molecule has 0 heterocycles. The van der Waals surface area contributed by atoms with Crippen molar-refractivity contribution in [2.75, 3.05) is 0 Å². The fourth-order valence-electron chi connectivity index (χ4n) is 1.45. The minimum Gasteiger partial charge on any atom is -0.143 e. The average molecular weight is 192 g/mol. The van der Waals surface area contributed by atoms with Crippen molar-refractivity contribution in [3.63, 3.8) is 0 Å². The first-order valence-corrected chi connectivity index (χ1v) is 4.94. The van der Waals surface area contributed by atoms with Crippen LogP contribution in [0.15, 0.2) is 30.3 Å². The van der Waals surface area contributed by atoms with Gasteiger partial charge in [0, 0.05) is 5.54 Å². The van der Waals surface area contributed by atoms with Crippen LogP contribution in [-0.2, 0) is 5.21 Å². The Kier molecular flexibility index (Phi) is 3.29. The Balaban J connectivity index is 2.81. The molecule has 0 aliphatic heterocycles. The molecular weight excluding hydrogens is 174 g/mol. The Hall–Kier alpha value is -0.860. The second-order valence-electron chi connectivity index (χ2n) is 4.58. The highest BCUT2D eigenvalue weighted by molar-refractivity contribution is 5.18. The fraction of sp³-hybridized carbons (Fsp3) is 0.500. The topological polar surface area (TPSA) is 23.1 Å². The van der Waals surface area contributed by atoms with Gasteiger partial charge in [-0.25, -0.2) is 0 Å². The van der Waals surface area contributed by atoms with Gasteiger partial charge in [0.15, 0.2) is 0 Å². The number of hydroxylamine groups is 2. The predicted octanol–water partition coefficient (Wildman–Crippen LogP) is 3.19. The van der Waals surface area contributed by atoms with E-state index >= 15 is 0 Å². The third-order valence-corrected chi connectivity index (χ3v) is 2.29. The summed E-state index contributed by atoms with van der Waals surface area (Å²) in [5.41, 5.74) is 0.729. The Labute approximate surface area is 86.1 Å². The van der Waals surface area contributed by atoms with Gasteiger partial charge in [0.1, 0.15) is 0 Å². The molecule has 1 rings (SSSR count). The van der Waals surface area contributed by atoms with Gasteiger partial charge in [0.25, 0.3) is 0 Å². The molecule has 0 unspecified atom stereocenters. The molecular formula is C12H18NO. The summed E-state index contributed by atoms with van der Waals surface area (Å²) in [7, 11) is 0. The van der Waals surface area contributed by atoms with E-state index in [0.29, 0.717) is 0 Å². The van der Waals surface area contributed by atoms with E-state index in [0.717, 1.165) is 10.6 Å². The van der Waals surface area contributed by atoms with Crippen LogP contribution in [0.4, 0.5) is 0 Å². The van der Waals surface area contributed by atoms with Crippen molar-refractivity contribution in [1.29, 1.82) is 0 Å². The second-order valence-corrected chi connectivity index (χ2v) is 4.58. The lowest BCUT2D eigenvalue weighted by molar-refractivity contribution is -0.238. The standard InChI is InChI=1S/C12H18NO/c1-10(13(14)12(2,3)4)11-8-6-5-7-9-11/h5-10H,1-4H3/t10-/m1/s1. The third-order valence-electron chi connectivity index (χ3n) is 2.29. The molecule has 0 saturated carbocycles. The van der Waals surface area contributed by atoms with E-state index in [1.807, 2.05) is 58.0 Å². The van der Waals surface area contributed by atoms with E-state index in [4.69, 9.17) is 0 Å². The van der Waals surface area contributed by atoms with Crippen molar-refractivity contribution in [2.24, 2.45) is 0 Å². The minimum absolute atomic E-state index is 0.0869. The molecule has 0 saturated heterocycles. The predicted molar refractivity (Wildman–Crippen MR) is 57.1 cm³/mol. The highest BCUT2D eigenvalue weighted by atomic mass is 16.5. The van der Waals surface area contributed by atoms with Gasteiger partial charge in [-0.05, 0) is 33.3 Å². The molecule has 0 aromatic heterocycles. The maximum Gasteiger partial charge on any atom is 0.0610 e. The molecule has 77 valence electrons. The average Bonchev–Trinajstić information content (AvgIpc) is 2.15. The molecule has 0 aliphatic carbocycles. The summed E-state index contributed by atoms with van der Waals surface area (Å²) in [5, 5.41) is 13.0. The van der Waals surface area contributed by atoms with Crippen LogP contribution >= 0.6 is 0 Å². The third kappa shape index (κ3) is 2.56. The van der Waals surface area contributed by atoms with Gasteiger partial charge in [-0.3, -0.25) is 0 Å². The van der Waals surface area contributed by atoms with Crippen LogP contribution in [0.5, 0.6) is 0 Å². The molecule has 0 spiro atoms. The Morgan fingerprint density at radius 1 is 1.14 bits per heavy atom. The Morgan fingerprint density at radius 3 is 2.07 bits per heavy atom. The van der Waals surface area contributed by atoms with Crippen LogP contribution in [-0.4, -0.2) is 10.6 Å². The van der Waals surface area contributed by atoms with E-state index in [-0.39, 0.29) is 11.6 Å². The summed E-state index contributed by atoms with van der Waals surface area (Å²) in [6.07, 6.45) is 0. The number of hydrogen-bond acceptors (Lipinski definition) is 1. The zero-order chi connectivity index (χ0) is 10.8. The van der Waals surface area contributed by atoms with Crippen molar-refractivity contribution in [3.05, 3.63) is 35.9 Å². The first-order chi connectivity index (χ1) is 6.43. The molecule has 2 nitrogen and oxygen atoms in total. The van der Waals surface area contributed by atoms with Crippen LogP contribution in [0.2, 0.25) is 0 Å². The van der Waals surface area contributed by atoms with Crippen molar-refractivity contribution >= 4 is 0 Å². The summed E-state index contributed by atoms with van der Waals surface area (Å²) >= 11 is 0. The lowest BCUT2D eigenvalue weighted by Gasteiger charge is -2.32. The number of nitrogens with zero attached hydrogens (tertiary/aromatic N) is 1. The molecule has 1 atom stereocenters. The van der Waals surface area contributed by atoms with Gasteiger partial charge >= 0.3 is 0 Å². The maximum atomic E-state index is 11.9. The lowest BCUT2D eigenvalue weighted by Crippen LogP contribution is -2.39. The molecule has 1 radical (unpaired) electrons. The van der Waals surface area contributed by atoms with Crippen molar-refractivity contribution in [1.82, 2.24) is 5.06 Å². The lowest BCUT2D eigenvalue weighted by atomic mass is 10.0. The van der Waals surface area contributed by atoms with Gasteiger partial charge < -0.3 is 0 Å². The fourth-order valence-corrected chi connectivity index (χ4v) is 1.45.